The van der Waals surface area contributed by atoms with Crippen molar-refractivity contribution in [3.05, 3.63) is 112 Å². The average molecular weight is 541 g/mol. The highest BCUT2D eigenvalue weighted by molar-refractivity contribution is 5.54. The van der Waals surface area contributed by atoms with Gasteiger partial charge in [-0.2, -0.15) is 0 Å². The second kappa shape index (κ2) is 15.5. The Balaban J connectivity index is 1.35. The van der Waals surface area contributed by atoms with Crippen molar-refractivity contribution < 1.29 is 14.2 Å². The molecule has 0 aliphatic heterocycles. The molecule has 0 heterocycles. The van der Waals surface area contributed by atoms with Crippen LogP contribution in [0.15, 0.2) is 84.0 Å². The Kier molecular flexibility index (Phi) is 11.5. The average Bonchev–Trinajstić information content (AvgIpc) is 3.11. The number of hydrogen-bond donors (Lipinski definition) is 1. The van der Waals surface area contributed by atoms with E-state index < -0.39 is 0 Å². The number of phenolic OH excluding ortho intramolecular Hbond substituents is 1. The quantitative estimate of drug-likeness (QED) is 0.133. The zero-order chi connectivity index (χ0) is 28.2. The van der Waals surface area contributed by atoms with Gasteiger partial charge >= 0.3 is 0 Å². The van der Waals surface area contributed by atoms with E-state index in [-0.39, 0.29) is 5.82 Å². The molecule has 0 bridgehead atoms. The monoisotopic (exact) mass is 540 g/mol. The minimum atomic E-state index is -0.212. The minimum absolute atomic E-state index is 0.212. The van der Waals surface area contributed by atoms with Crippen molar-refractivity contribution in [2.75, 3.05) is 6.61 Å². The molecule has 0 amide bonds. The van der Waals surface area contributed by atoms with Gasteiger partial charge in [-0.05, 0) is 116 Å². The molecule has 3 aromatic rings. The third-order valence-corrected chi connectivity index (χ3v) is 7.99. The second-order valence-corrected chi connectivity index (χ2v) is 11.3. The highest BCUT2D eigenvalue weighted by Crippen LogP contribution is 2.38. The van der Waals surface area contributed by atoms with Crippen LogP contribution in [0.1, 0.15) is 99.8 Å². The standard InChI is InChI=1S/C37H45FO2/c1-3-4-5-6-7-9-28(2)10-8-23-40-36-20-14-30(15-21-36)25-33-26-31(24-29-12-17-34(38)18-13-29)11-16-32-27-35(39)19-22-37(32)33/h10,12-15,17-22,24,27,33,39H,3-9,11,16,23,25-26H2,1-2H3. The van der Waals surface area contributed by atoms with Crippen LogP contribution in [0.25, 0.3) is 6.08 Å². The van der Waals surface area contributed by atoms with Gasteiger partial charge < -0.3 is 9.84 Å². The first-order valence-corrected chi connectivity index (χ1v) is 15.1. The van der Waals surface area contributed by atoms with Crippen molar-refractivity contribution >= 4 is 6.08 Å². The molecule has 0 aromatic heterocycles. The van der Waals surface area contributed by atoms with Gasteiger partial charge in [0, 0.05) is 0 Å². The van der Waals surface area contributed by atoms with Crippen LogP contribution in [0.5, 0.6) is 11.5 Å². The molecule has 0 spiro atoms. The summed E-state index contributed by atoms with van der Waals surface area (Å²) in [6, 6.07) is 21.1. The normalized spacial score (nSPS) is 16.5. The zero-order valence-corrected chi connectivity index (χ0v) is 24.3. The molecule has 1 unspecified atom stereocenters. The molecule has 1 N–H and O–H groups in total. The molecular formula is C37H45FO2. The number of unbranched alkanes of at least 4 members (excludes halogenated alkanes) is 4. The first kappa shape index (κ1) is 29.6. The van der Waals surface area contributed by atoms with Crippen molar-refractivity contribution in [2.45, 2.75) is 90.4 Å². The Morgan fingerprint density at radius 3 is 2.50 bits per heavy atom. The van der Waals surface area contributed by atoms with Crippen LogP contribution >= 0.6 is 0 Å². The number of allylic oxidation sites excluding steroid dienone is 2. The third kappa shape index (κ3) is 9.40. The summed E-state index contributed by atoms with van der Waals surface area (Å²) in [4.78, 5) is 0. The number of benzene rings is 3. The number of rotatable bonds is 13. The number of ether oxygens (including phenoxy) is 1. The first-order valence-electron chi connectivity index (χ1n) is 15.1. The molecule has 212 valence electrons. The van der Waals surface area contributed by atoms with Gasteiger partial charge in [-0.3, -0.25) is 0 Å². The highest BCUT2D eigenvalue weighted by Gasteiger charge is 2.22. The topological polar surface area (TPSA) is 29.5 Å². The van der Waals surface area contributed by atoms with Gasteiger partial charge in [0.1, 0.15) is 17.3 Å². The van der Waals surface area contributed by atoms with Crippen LogP contribution in [0, 0.1) is 5.82 Å². The largest absolute Gasteiger partial charge is 0.508 e. The maximum Gasteiger partial charge on any atom is 0.123 e. The molecule has 1 aliphatic rings. The zero-order valence-electron chi connectivity index (χ0n) is 24.3. The van der Waals surface area contributed by atoms with Gasteiger partial charge in [0.25, 0.3) is 0 Å². The second-order valence-electron chi connectivity index (χ2n) is 11.3. The van der Waals surface area contributed by atoms with Crippen LogP contribution < -0.4 is 4.74 Å². The van der Waals surface area contributed by atoms with Gasteiger partial charge in [-0.15, -0.1) is 0 Å². The molecule has 0 radical (unpaired) electrons. The fraction of sp³-hybridized carbons (Fsp3) is 0.405. The van der Waals surface area contributed by atoms with E-state index in [2.05, 4.69) is 56.3 Å². The van der Waals surface area contributed by atoms with Crippen LogP contribution in [-0.2, 0) is 12.8 Å². The van der Waals surface area contributed by atoms with E-state index in [4.69, 9.17) is 4.74 Å². The van der Waals surface area contributed by atoms with Crippen LogP contribution in [0.3, 0.4) is 0 Å². The summed E-state index contributed by atoms with van der Waals surface area (Å²) < 4.78 is 19.4. The smallest absolute Gasteiger partial charge is 0.123 e. The van der Waals surface area contributed by atoms with Crippen molar-refractivity contribution in [3.8, 4) is 11.5 Å². The van der Waals surface area contributed by atoms with Gasteiger partial charge in [0.2, 0.25) is 0 Å². The number of fused-ring (bicyclic) bond motifs is 1. The summed E-state index contributed by atoms with van der Waals surface area (Å²) in [7, 11) is 0. The number of phenols is 1. The van der Waals surface area contributed by atoms with Crippen molar-refractivity contribution in [1.29, 1.82) is 0 Å². The van der Waals surface area contributed by atoms with Crippen molar-refractivity contribution in [2.24, 2.45) is 0 Å². The molecule has 1 aliphatic carbocycles. The number of aryl methyl sites for hydroxylation is 1. The van der Waals surface area contributed by atoms with E-state index in [1.807, 2.05) is 18.2 Å². The van der Waals surface area contributed by atoms with Crippen LogP contribution in [-0.4, -0.2) is 11.7 Å². The Morgan fingerprint density at radius 1 is 0.950 bits per heavy atom. The predicted octanol–water partition coefficient (Wildman–Crippen LogP) is 10.4. The van der Waals surface area contributed by atoms with Crippen molar-refractivity contribution in [1.82, 2.24) is 0 Å². The molecule has 0 fully saturated rings. The molecule has 0 saturated carbocycles. The first-order chi connectivity index (χ1) is 19.5. The van der Waals surface area contributed by atoms with E-state index in [1.54, 1.807) is 6.07 Å². The SMILES string of the molecule is CCCCCCCC(C)=CCCOc1ccc(CC2CC(=Cc3ccc(F)cc3)CCc3cc(O)ccc32)cc1. The van der Waals surface area contributed by atoms with E-state index in [1.165, 1.54) is 78.5 Å². The van der Waals surface area contributed by atoms with Gasteiger partial charge in [0.05, 0.1) is 6.61 Å². The fourth-order valence-corrected chi connectivity index (χ4v) is 5.74. The summed E-state index contributed by atoms with van der Waals surface area (Å²) in [5, 5.41) is 10.1. The predicted molar refractivity (Wildman–Crippen MR) is 166 cm³/mol. The lowest BCUT2D eigenvalue weighted by Gasteiger charge is -2.19. The molecule has 2 nitrogen and oxygen atoms in total. The Labute approximate surface area is 240 Å². The number of halogens is 1. The lowest BCUT2D eigenvalue weighted by molar-refractivity contribution is 0.324. The van der Waals surface area contributed by atoms with Crippen molar-refractivity contribution in [3.63, 3.8) is 0 Å². The van der Waals surface area contributed by atoms with E-state index in [9.17, 15) is 9.50 Å². The molecule has 4 rings (SSSR count). The van der Waals surface area contributed by atoms with Gasteiger partial charge in [0.15, 0.2) is 0 Å². The summed E-state index contributed by atoms with van der Waals surface area (Å²) >= 11 is 0. The molecule has 3 aromatic carbocycles. The highest BCUT2D eigenvalue weighted by atomic mass is 19.1. The molecule has 3 heteroatoms. The Hall–Kier alpha value is -3.33. The molecular weight excluding hydrogens is 495 g/mol. The fourth-order valence-electron chi connectivity index (χ4n) is 5.74. The van der Waals surface area contributed by atoms with Crippen LogP contribution in [0.2, 0.25) is 0 Å². The number of aromatic hydroxyl groups is 1. The Morgan fingerprint density at radius 2 is 1.73 bits per heavy atom. The van der Waals surface area contributed by atoms with Gasteiger partial charge in [-0.25, -0.2) is 4.39 Å². The number of hydrogen-bond acceptors (Lipinski definition) is 2. The summed E-state index contributed by atoms with van der Waals surface area (Å²) in [6.07, 6.45) is 17.0. The molecule has 40 heavy (non-hydrogen) atoms. The third-order valence-electron chi connectivity index (χ3n) is 7.99. The summed E-state index contributed by atoms with van der Waals surface area (Å²) in [5.41, 5.74) is 7.67. The van der Waals surface area contributed by atoms with E-state index in [0.717, 1.165) is 43.4 Å². The summed E-state index contributed by atoms with van der Waals surface area (Å²) in [5.74, 6) is 1.34. The minimum Gasteiger partial charge on any atom is -0.508 e. The maximum absolute atomic E-state index is 13.4. The van der Waals surface area contributed by atoms with Crippen LogP contribution in [0.4, 0.5) is 4.39 Å². The lowest BCUT2D eigenvalue weighted by atomic mass is 9.86. The Bertz CT molecular complexity index is 1250. The van der Waals surface area contributed by atoms with Gasteiger partial charge in [-0.1, -0.05) is 86.2 Å². The molecule has 0 saturated heterocycles. The maximum atomic E-state index is 13.4. The van der Waals surface area contributed by atoms with E-state index in [0.29, 0.717) is 18.3 Å². The van der Waals surface area contributed by atoms with E-state index >= 15 is 0 Å². The molecule has 1 atom stereocenters. The lowest BCUT2D eigenvalue weighted by Crippen LogP contribution is -2.05. The summed E-state index contributed by atoms with van der Waals surface area (Å²) in [6.45, 7) is 5.19.